The van der Waals surface area contributed by atoms with Crippen LogP contribution in [0.15, 0.2) is 29.4 Å². The Morgan fingerprint density at radius 1 is 1.31 bits per heavy atom. The SMILES string of the molecule is COCCn1c(SCC(=O)Nc2cccc(CN3CCSCC3)c2)nc(C)c1C. The van der Waals surface area contributed by atoms with Crippen molar-refractivity contribution in [2.24, 2.45) is 0 Å². The molecule has 1 N–H and O–H groups in total. The predicted molar refractivity (Wildman–Crippen MR) is 122 cm³/mol. The molecule has 2 heterocycles. The lowest BCUT2D eigenvalue weighted by molar-refractivity contribution is -0.113. The zero-order valence-corrected chi connectivity index (χ0v) is 19.1. The zero-order chi connectivity index (χ0) is 20.6. The van der Waals surface area contributed by atoms with E-state index in [-0.39, 0.29) is 5.91 Å². The standard InChI is InChI=1S/C21H30N4O2S2/c1-16-17(2)25(7-10-27-3)21(22-16)29-15-20(26)23-19-6-4-5-18(13-19)14-24-8-11-28-12-9-24/h4-6,13H,7-12,14-15H2,1-3H3,(H,23,26). The van der Waals surface area contributed by atoms with Gasteiger partial charge in [-0.2, -0.15) is 11.8 Å². The van der Waals surface area contributed by atoms with E-state index in [9.17, 15) is 4.79 Å². The second-order valence-electron chi connectivity index (χ2n) is 7.14. The molecule has 0 aliphatic carbocycles. The highest BCUT2D eigenvalue weighted by Gasteiger charge is 2.14. The van der Waals surface area contributed by atoms with E-state index < -0.39 is 0 Å². The van der Waals surface area contributed by atoms with E-state index in [4.69, 9.17) is 4.74 Å². The van der Waals surface area contributed by atoms with Crippen molar-refractivity contribution in [2.45, 2.75) is 32.1 Å². The van der Waals surface area contributed by atoms with Crippen molar-refractivity contribution >= 4 is 35.1 Å². The van der Waals surface area contributed by atoms with Gasteiger partial charge >= 0.3 is 0 Å². The Morgan fingerprint density at radius 2 is 2.10 bits per heavy atom. The van der Waals surface area contributed by atoms with Crippen LogP contribution in [0.4, 0.5) is 5.69 Å². The smallest absolute Gasteiger partial charge is 0.234 e. The summed E-state index contributed by atoms with van der Waals surface area (Å²) >= 11 is 3.48. The number of carbonyl (C=O) groups is 1. The van der Waals surface area contributed by atoms with Crippen LogP contribution in [0, 0.1) is 13.8 Å². The number of thioether (sulfide) groups is 2. The lowest BCUT2D eigenvalue weighted by Gasteiger charge is -2.26. The van der Waals surface area contributed by atoms with Gasteiger partial charge in [0.05, 0.1) is 18.1 Å². The fraction of sp³-hybridized carbons (Fsp3) is 0.524. The minimum atomic E-state index is -0.0156. The van der Waals surface area contributed by atoms with Gasteiger partial charge in [-0.25, -0.2) is 4.98 Å². The van der Waals surface area contributed by atoms with Gasteiger partial charge in [0.15, 0.2) is 5.16 Å². The van der Waals surface area contributed by atoms with Gasteiger partial charge in [0, 0.05) is 56.2 Å². The number of ether oxygens (including phenoxy) is 1. The van der Waals surface area contributed by atoms with E-state index in [1.807, 2.05) is 30.8 Å². The molecule has 29 heavy (non-hydrogen) atoms. The molecule has 3 rings (SSSR count). The Hall–Kier alpha value is -1.48. The highest BCUT2D eigenvalue weighted by Crippen LogP contribution is 2.22. The van der Waals surface area contributed by atoms with Crippen molar-refractivity contribution in [3.8, 4) is 0 Å². The third-order valence-corrected chi connectivity index (χ3v) is 6.91. The van der Waals surface area contributed by atoms with Gasteiger partial charge in [-0.15, -0.1) is 0 Å². The molecule has 0 bridgehead atoms. The minimum Gasteiger partial charge on any atom is -0.383 e. The van der Waals surface area contributed by atoms with Crippen LogP contribution < -0.4 is 5.32 Å². The predicted octanol–water partition coefficient (Wildman–Crippen LogP) is 3.43. The third kappa shape index (κ3) is 6.50. The third-order valence-electron chi connectivity index (χ3n) is 4.99. The molecule has 2 aromatic rings. The Kier molecular flexibility index (Phi) is 8.47. The molecule has 1 fully saturated rings. The van der Waals surface area contributed by atoms with Crippen molar-refractivity contribution in [3.05, 3.63) is 41.2 Å². The number of rotatable bonds is 9. The number of hydrogen-bond donors (Lipinski definition) is 1. The molecule has 0 radical (unpaired) electrons. The van der Waals surface area contributed by atoms with Crippen LogP contribution in [-0.4, -0.2) is 64.4 Å². The van der Waals surface area contributed by atoms with E-state index in [2.05, 4.69) is 38.8 Å². The molecule has 6 nitrogen and oxygen atoms in total. The number of hydrogen-bond acceptors (Lipinski definition) is 6. The molecule has 0 atom stereocenters. The summed E-state index contributed by atoms with van der Waals surface area (Å²) in [6.07, 6.45) is 0. The molecule has 1 amide bonds. The summed E-state index contributed by atoms with van der Waals surface area (Å²) < 4.78 is 7.31. The van der Waals surface area contributed by atoms with Crippen molar-refractivity contribution in [1.29, 1.82) is 0 Å². The van der Waals surface area contributed by atoms with Gasteiger partial charge in [0.25, 0.3) is 0 Å². The fourth-order valence-corrected chi connectivity index (χ4v) is 5.17. The second kappa shape index (κ2) is 11.1. The van der Waals surface area contributed by atoms with Crippen molar-refractivity contribution in [1.82, 2.24) is 14.5 Å². The molecule has 1 aliphatic heterocycles. The number of imidazole rings is 1. The summed E-state index contributed by atoms with van der Waals surface area (Å²) in [6.45, 7) is 8.61. The first kappa shape index (κ1) is 22.2. The zero-order valence-electron chi connectivity index (χ0n) is 17.4. The van der Waals surface area contributed by atoms with Gasteiger partial charge in [-0.3, -0.25) is 9.69 Å². The van der Waals surface area contributed by atoms with Gasteiger partial charge in [0.2, 0.25) is 5.91 Å². The van der Waals surface area contributed by atoms with Crippen molar-refractivity contribution < 1.29 is 9.53 Å². The average Bonchev–Trinajstić information content (AvgIpc) is 2.99. The first-order valence-electron chi connectivity index (χ1n) is 9.91. The molecule has 1 aliphatic rings. The molecular formula is C21H30N4O2S2. The lowest BCUT2D eigenvalue weighted by Crippen LogP contribution is -2.31. The fourth-order valence-electron chi connectivity index (χ4n) is 3.27. The van der Waals surface area contributed by atoms with E-state index in [0.717, 1.165) is 48.4 Å². The summed E-state index contributed by atoms with van der Waals surface area (Å²) in [5.41, 5.74) is 4.21. The van der Waals surface area contributed by atoms with Crippen LogP contribution in [0.25, 0.3) is 0 Å². The highest BCUT2D eigenvalue weighted by atomic mass is 32.2. The number of methoxy groups -OCH3 is 1. The van der Waals surface area contributed by atoms with Gasteiger partial charge in [0.1, 0.15) is 0 Å². The molecule has 1 aromatic heterocycles. The summed E-state index contributed by atoms with van der Waals surface area (Å²) in [6, 6.07) is 8.18. The topological polar surface area (TPSA) is 59.4 Å². The number of amides is 1. The maximum atomic E-state index is 12.5. The minimum absolute atomic E-state index is 0.0156. The van der Waals surface area contributed by atoms with E-state index >= 15 is 0 Å². The molecule has 0 saturated carbocycles. The number of aryl methyl sites for hydroxylation is 1. The molecule has 1 aromatic carbocycles. The van der Waals surface area contributed by atoms with Crippen LogP contribution in [0.3, 0.4) is 0 Å². The maximum Gasteiger partial charge on any atom is 0.234 e. The summed E-state index contributed by atoms with van der Waals surface area (Å²) in [5.74, 6) is 2.72. The molecule has 0 unspecified atom stereocenters. The summed E-state index contributed by atoms with van der Waals surface area (Å²) in [5, 5.41) is 3.89. The number of nitrogens with zero attached hydrogens (tertiary/aromatic N) is 3. The Morgan fingerprint density at radius 3 is 2.86 bits per heavy atom. The Bertz CT molecular complexity index is 819. The molecule has 8 heteroatoms. The molecule has 158 valence electrons. The quantitative estimate of drug-likeness (QED) is 0.610. The second-order valence-corrected chi connectivity index (χ2v) is 9.30. The molecule has 0 spiro atoms. The van der Waals surface area contributed by atoms with Crippen LogP contribution in [0.1, 0.15) is 17.0 Å². The summed E-state index contributed by atoms with van der Waals surface area (Å²) in [7, 11) is 1.69. The first-order chi connectivity index (χ1) is 14.1. The van der Waals surface area contributed by atoms with Crippen LogP contribution in [-0.2, 0) is 22.6 Å². The molecule has 1 saturated heterocycles. The maximum absolute atomic E-state index is 12.5. The van der Waals surface area contributed by atoms with E-state index in [1.54, 1.807) is 7.11 Å². The number of anilines is 1. The van der Waals surface area contributed by atoms with E-state index in [1.165, 1.54) is 28.8 Å². The highest BCUT2D eigenvalue weighted by molar-refractivity contribution is 7.99. The van der Waals surface area contributed by atoms with Crippen molar-refractivity contribution in [2.75, 3.05) is 49.4 Å². The van der Waals surface area contributed by atoms with E-state index in [0.29, 0.717) is 12.4 Å². The monoisotopic (exact) mass is 434 g/mol. The average molecular weight is 435 g/mol. The Labute approximate surface area is 181 Å². The number of aromatic nitrogens is 2. The number of benzene rings is 1. The largest absolute Gasteiger partial charge is 0.383 e. The first-order valence-corrected chi connectivity index (χ1v) is 12.0. The van der Waals surface area contributed by atoms with Gasteiger partial charge in [-0.1, -0.05) is 23.9 Å². The number of nitrogens with one attached hydrogen (secondary N) is 1. The van der Waals surface area contributed by atoms with Crippen LogP contribution in [0.2, 0.25) is 0 Å². The van der Waals surface area contributed by atoms with Crippen molar-refractivity contribution in [3.63, 3.8) is 0 Å². The number of carbonyl (C=O) groups excluding carboxylic acids is 1. The Balaban J connectivity index is 1.54. The lowest BCUT2D eigenvalue weighted by atomic mass is 10.2. The normalized spacial score (nSPS) is 14.9. The van der Waals surface area contributed by atoms with Crippen LogP contribution in [0.5, 0.6) is 0 Å². The molecular weight excluding hydrogens is 404 g/mol. The van der Waals surface area contributed by atoms with Gasteiger partial charge in [-0.05, 0) is 31.5 Å². The van der Waals surface area contributed by atoms with Gasteiger partial charge < -0.3 is 14.6 Å². The summed E-state index contributed by atoms with van der Waals surface area (Å²) in [4.78, 5) is 19.6. The van der Waals surface area contributed by atoms with Crippen LogP contribution >= 0.6 is 23.5 Å².